The van der Waals surface area contributed by atoms with E-state index in [-0.39, 0.29) is 11.6 Å². The van der Waals surface area contributed by atoms with E-state index in [2.05, 4.69) is 4.98 Å². The molecule has 0 radical (unpaired) electrons. The van der Waals surface area contributed by atoms with Gasteiger partial charge < -0.3 is 5.11 Å². The first-order chi connectivity index (χ1) is 5.74. The Morgan fingerprint density at radius 2 is 2.00 bits per heavy atom. The van der Waals surface area contributed by atoms with Crippen molar-refractivity contribution < 1.29 is 9.50 Å². The highest BCUT2D eigenvalue weighted by atomic mass is 19.1. The van der Waals surface area contributed by atoms with E-state index in [0.717, 1.165) is 6.20 Å². The molecule has 1 N–H and O–H groups in total. The number of nitrogens with zero attached hydrogens (tertiary/aromatic N) is 2. The zero-order valence-electron chi connectivity index (χ0n) is 6.11. The van der Waals surface area contributed by atoms with Gasteiger partial charge in [-0.2, -0.15) is 0 Å². The molecule has 0 aliphatic carbocycles. The van der Waals surface area contributed by atoms with Gasteiger partial charge in [0.1, 0.15) is 5.82 Å². The third kappa shape index (κ3) is 1.80. The summed E-state index contributed by atoms with van der Waals surface area (Å²) in [6, 6.07) is 5.17. The zero-order chi connectivity index (χ0) is 8.97. The molecular formula is C8H6FN2O+. The predicted octanol–water partition coefficient (Wildman–Crippen LogP) is 2.54. The van der Waals surface area contributed by atoms with E-state index < -0.39 is 0 Å². The van der Waals surface area contributed by atoms with Gasteiger partial charge in [-0.15, -0.1) is 0 Å². The molecule has 0 aliphatic heterocycles. The van der Waals surface area contributed by atoms with Crippen LogP contribution < -0.4 is 0 Å². The molecular weight excluding hydrogens is 159 g/mol. The monoisotopic (exact) mass is 165 g/mol. The Hall–Kier alpha value is -1.89. The Kier molecular flexibility index (Phi) is 2.38. The molecule has 60 valence electrons. The lowest BCUT2D eigenvalue weighted by molar-refractivity contribution is 0.511. The number of aliphatic hydroxyl groups is 1. The highest BCUT2D eigenvalue weighted by Crippen LogP contribution is 2.11. The summed E-state index contributed by atoms with van der Waals surface area (Å²) in [5.41, 5.74) is 0.397. The molecule has 1 aromatic carbocycles. The second kappa shape index (κ2) is 3.49. The van der Waals surface area contributed by atoms with Gasteiger partial charge in [-0.25, -0.2) is 4.39 Å². The van der Waals surface area contributed by atoms with Crippen LogP contribution in [0.15, 0.2) is 30.5 Å². The third-order valence-electron chi connectivity index (χ3n) is 1.32. The number of aliphatic hydroxyl groups excluding tert-OH is 1. The summed E-state index contributed by atoms with van der Waals surface area (Å²) < 4.78 is 12.4. The van der Waals surface area contributed by atoms with Gasteiger partial charge in [0.2, 0.25) is 11.2 Å². The molecule has 12 heavy (non-hydrogen) atoms. The average Bonchev–Trinajstić information content (AvgIpc) is 2.06. The van der Waals surface area contributed by atoms with Gasteiger partial charge >= 0.3 is 6.20 Å². The van der Waals surface area contributed by atoms with E-state index >= 15 is 0 Å². The van der Waals surface area contributed by atoms with E-state index in [9.17, 15) is 4.39 Å². The first kappa shape index (κ1) is 8.21. The van der Waals surface area contributed by atoms with Gasteiger partial charge in [-0.3, -0.25) is 0 Å². The second-order valence-electron chi connectivity index (χ2n) is 2.14. The minimum absolute atomic E-state index is 0.211. The SMILES string of the molecule is N#[N+]/C=C(/O)c1ccc(F)cc1. The summed E-state index contributed by atoms with van der Waals surface area (Å²) in [6.45, 7) is 0. The maximum absolute atomic E-state index is 12.4. The summed E-state index contributed by atoms with van der Waals surface area (Å²) >= 11 is 0. The summed E-state index contributed by atoms with van der Waals surface area (Å²) in [7, 11) is 0. The van der Waals surface area contributed by atoms with Crippen LogP contribution in [0.4, 0.5) is 4.39 Å². The highest BCUT2D eigenvalue weighted by Gasteiger charge is 2.02. The van der Waals surface area contributed by atoms with Gasteiger partial charge in [0, 0.05) is 5.56 Å². The molecule has 0 unspecified atom stereocenters. The van der Waals surface area contributed by atoms with Gasteiger partial charge in [0.15, 0.2) is 4.98 Å². The highest BCUT2D eigenvalue weighted by molar-refractivity contribution is 5.58. The van der Waals surface area contributed by atoms with Crippen molar-refractivity contribution >= 4 is 5.76 Å². The van der Waals surface area contributed by atoms with Crippen molar-refractivity contribution in [3.8, 4) is 0 Å². The van der Waals surface area contributed by atoms with Crippen molar-refractivity contribution in [3.63, 3.8) is 0 Å². The molecule has 4 heteroatoms. The minimum Gasteiger partial charge on any atom is -0.501 e. The fourth-order valence-electron chi connectivity index (χ4n) is 0.750. The molecule has 3 nitrogen and oxygen atoms in total. The van der Waals surface area contributed by atoms with Crippen molar-refractivity contribution in [1.82, 2.24) is 0 Å². The molecule has 0 bridgehead atoms. The number of diazo groups is 1. The van der Waals surface area contributed by atoms with E-state index in [1.165, 1.54) is 24.3 Å². The molecule has 0 saturated heterocycles. The summed E-state index contributed by atoms with van der Waals surface area (Å²) in [6.07, 6.45) is 0.868. The maximum atomic E-state index is 12.4. The number of hydrogen-bond donors (Lipinski definition) is 1. The predicted molar refractivity (Wildman–Crippen MR) is 42.1 cm³/mol. The van der Waals surface area contributed by atoms with Gasteiger partial charge in [0.25, 0.3) is 0 Å². The van der Waals surface area contributed by atoms with Crippen LogP contribution in [-0.2, 0) is 0 Å². The van der Waals surface area contributed by atoms with Gasteiger partial charge in [0.05, 0.1) is 0 Å². The molecule has 0 aromatic heterocycles. The van der Waals surface area contributed by atoms with Crippen LogP contribution in [0.3, 0.4) is 0 Å². The molecule has 1 aromatic rings. The Labute approximate surface area is 68.4 Å². The van der Waals surface area contributed by atoms with Gasteiger partial charge in [-0.1, -0.05) is 0 Å². The molecule has 1 rings (SSSR count). The number of benzene rings is 1. The molecule has 0 spiro atoms. The van der Waals surface area contributed by atoms with Crippen LogP contribution in [0.5, 0.6) is 0 Å². The molecule has 0 fully saturated rings. The van der Waals surface area contributed by atoms with Crippen molar-refractivity contribution in [2.75, 3.05) is 0 Å². The lowest BCUT2D eigenvalue weighted by Gasteiger charge is -1.93. The fraction of sp³-hybridized carbons (Fsp3) is 0. The molecule has 0 amide bonds. The smallest absolute Gasteiger partial charge is 0.392 e. The van der Waals surface area contributed by atoms with E-state index in [1.807, 2.05) is 0 Å². The zero-order valence-corrected chi connectivity index (χ0v) is 6.11. The van der Waals surface area contributed by atoms with Crippen molar-refractivity contribution in [3.05, 3.63) is 46.8 Å². The fourth-order valence-corrected chi connectivity index (χ4v) is 0.750. The van der Waals surface area contributed by atoms with Crippen LogP contribution in [0.1, 0.15) is 5.56 Å². The maximum Gasteiger partial charge on any atom is 0.392 e. The van der Waals surface area contributed by atoms with Crippen LogP contribution in [0.2, 0.25) is 0 Å². The normalized spacial score (nSPS) is 10.8. The molecule has 0 atom stereocenters. The Morgan fingerprint density at radius 3 is 2.50 bits per heavy atom. The summed E-state index contributed by atoms with van der Waals surface area (Å²) in [5.74, 6) is -0.593. The van der Waals surface area contributed by atoms with Crippen LogP contribution >= 0.6 is 0 Å². The van der Waals surface area contributed by atoms with Crippen molar-refractivity contribution in [1.29, 1.82) is 5.39 Å². The Bertz CT molecular complexity index is 337. The lowest BCUT2D eigenvalue weighted by Crippen LogP contribution is -1.81. The number of halogens is 1. The summed E-state index contributed by atoms with van der Waals surface area (Å²) in [4.78, 5) is 2.63. The first-order valence-electron chi connectivity index (χ1n) is 3.23. The minimum atomic E-state index is -0.382. The number of hydrogen-bond acceptors (Lipinski definition) is 2. The molecule has 0 heterocycles. The van der Waals surface area contributed by atoms with Crippen molar-refractivity contribution in [2.45, 2.75) is 0 Å². The quantitative estimate of drug-likeness (QED) is 0.513. The standard InChI is InChI=1S/C8H5FN2O/c9-7-3-1-6(2-4-7)8(12)5-11-10/h1-5H/p+1/b8-5+. The number of rotatable bonds is 1. The largest absolute Gasteiger partial charge is 0.501 e. The first-order valence-corrected chi connectivity index (χ1v) is 3.23. The van der Waals surface area contributed by atoms with Gasteiger partial charge in [-0.05, 0) is 24.3 Å². The molecule has 0 saturated carbocycles. The Morgan fingerprint density at radius 1 is 1.42 bits per heavy atom. The van der Waals surface area contributed by atoms with Crippen LogP contribution in [0.25, 0.3) is 10.7 Å². The van der Waals surface area contributed by atoms with Crippen LogP contribution in [-0.4, -0.2) is 5.11 Å². The molecule has 0 aliphatic rings. The average molecular weight is 165 g/mol. The topological polar surface area (TPSA) is 48.4 Å². The van der Waals surface area contributed by atoms with E-state index in [4.69, 9.17) is 10.5 Å². The van der Waals surface area contributed by atoms with Crippen molar-refractivity contribution in [2.24, 2.45) is 0 Å². The second-order valence-corrected chi connectivity index (χ2v) is 2.14. The third-order valence-corrected chi connectivity index (χ3v) is 1.32. The van der Waals surface area contributed by atoms with E-state index in [0.29, 0.717) is 5.56 Å². The Balaban J connectivity index is 2.99. The lowest BCUT2D eigenvalue weighted by atomic mass is 10.2. The summed E-state index contributed by atoms with van der Waals surface area (Å²) in [5, 5.41) is 17.2. The van der Waals surface area contributed by atoms with Crippen LogP contribution in [0, 0.1) is 11.2 Å². The van der Waals surface area contributed by atoms with E-state index in [1.54, 1.807) is 0 Å².